The fraction of sp³-hybridized carbons (Fsp3) is 0.519. The van der Waals surface area contributed by atoms with Crippen LogP contribution in [-0.4, -0.2) is 22.3 Å². The highest BCUT2D eigenvalue weighted by molar-refractivity contribution is 5.67. The molecule has 0 spiro atoms. The number of nitro groups is 1. The van der Waals surface area contributed by atoms with Crippen molar-refractivity contribution in [3.05, 3.63) is 63.7 Å². The Kier molecular flexibility index (Phi) is 6.94. The predicted octanol–water partition coefficient (Wildman–Crippen LogP) is 6.42. The van der Waals surface area contributed by atoms with Crippen molar-refractivity contribution < 1.29 is 24.3 Å². The van der Waals surface area contributed by atoms with Gasteiger partial charge in [0.25, 0.3) is 5.69 Å². The van der Waals surface area contributed by atoms with Crippen molar-refractivity contribution in [3.8, 4) is 11.5 Å². The van der Waals surface area contributed by atoms with E-state index in [9.17, 15) is 20.0 Å². The Labute approximate surface area is 200 Å². The molecule has 7 heteroatoms. The number of non-ortho nitro benzene ring substituents is 1. The fourth-order valence-electron chi connectivity index (χ4n) is 6.44. The van der Waals surface area contributed by atoms with Crippen LogP contribution in [0.3, 0.4) is 0 Å². The molecule has 0 amide bonds. The fourth-order valence-corrected chi connectivity index (χ4v) is 6.44. The summed E-state index contributed by atoms with van der Waals surface area (Å²) in [6, 6.07) is 11.1. The van der Waals surface area contributed by atoms with Crippen molar-refractivity contribution in [2.75, 3.05) is 0 Å². The Balaban J connectivity index is 0.00000133. The normalized spacial score (nSPS) is 28.9. The average Bonchev–Trinajstić information content (AvgIpc) is 3.14. The lowest BCUT2D eigenvalue weighted by molar-refractivity contribution is -0.384. The lowest BCUT2D eigenvalue weighted by Crippen LogP contribution is -2.43. The third kappa shape index (κ3) is 4.41. The summed E-state index contributed by atoms with van der Waals surface area (Å²) < 4.78 is 10.5. The highest BCUT2D eigenvalue weighted by Gasteiger charge is 2.54. The largest absolute Gasteiger partial charge is 0.519 e. The van der Waals surface area contributed by atoms with Crippen LogP contribution in [0.1, 0.15) is 69.9 Å². The van der Waals surface area contributed by atoms with E-state index < -0.39 is 11.1 Å². The van der Waals surface area contributed by atoms with Gasteiger partial charge in [-0.25, -0.2) is 4.79 Å². The van der Waals surface area contributed by atoms with Crippen LogP contribution in [0.2, 0.25) is 0 Å². The smallest absolute Gasteiger partial charge is 0.395 e. The first-order valence-electron chi connectivity index (χ1n) is 12.3. The molecule has 0 bridgehead atoms. The second-order valence-electron chi connectivity index (χ2n) is 9.62. The van der Waals surface area contributed by atoms with Gasteiger partial charge in [-0.2, -0.15) is 0 Å². The van der Waals surface area contributed by atoms with Gasteiger partial charge in [0, 0.05) is 12.1 Å². The number of carbonyl (C=O) groups is 1. The molecule has 3 aliphatic carbocycles. The van der Waals surface area contributed by atoms with Crippen molar-refractivity contribution in [2.45, 2.75) is 71.3 Å². The topological polar surface area (TPSA) is 98.9 Å². The number of benzene rings is 2. The van der Waals surface area contributed by atoms with E-state index in [0.717, 1.165) is 38.5 Å². The average molecular weight is 468 g/mol. The number of hydrogen-bond donors (Lipinski definition) is 1. The highest BCUT2D eigenvalue weighted by atomic mass is 16.7. The summed E-state index contributed by atoms with van der Waals surface area (Å²) in [6.45, 7) is 6.27. The van der Waals surface area contributed by atoms with E-state index in [0.29, 0.717) is 23.5 Å². The zero-order valence-corrected chi connectivity index (χ0v) is 20.0. The van der Waals surface area contributed by atoms with Gasteiger partial charge in [-0.05, 0) is 97.1 Å². The number of ether oxygens (including phenoxy) is 2. The number of fused-ring (bicyclic) bond motifs is 5. The molecule has 0 heterocycles. The first-order chi connectivity index (χ1) is 16.3. The number of carbonyl (C=O) groups excluding carboxylic acids is 1. The van der Waals surface area contributed by atoms with Crippen LogP contribution in [0, 0.1) is 27.4 Å². The molecule has 5 rings (SSSR count). The summed E-state index contributed by atoms with van der Waals surface area (Å²) in [5, 5.41) is 21.3. The molecule has 3 aliphatic rings. The molecule has 2 aromatic carbocycles. The molecule has 2 saturated carbocycles. The third-order valence-electron chi connectivity index (χ3n) is 8.10. The number of hydrogen-bond acceptors (Lipinski definition) is 6. The molecule has 1 N–H and O–H groups in total. The van der Waals surface area contributed by atoms with Crippen LogP contribution in [0.4, 0.5) is 10.5 Å². The summed E-state index contributed by atoms with van der Waals surface area (Å²) in [5.74, 6) is 2.31. The molecule has 5 atom stereocenters. The number of aliphatic hydroxyl groups is 1. The monoisotopic (exact) mass is 467 g/mol. The van der Waals surface area contributed by atoms with Crippen LogP contribution in [0.25, 0.3) is 0 Å². The maximum Gasteiger partial charge on any atom is 0.519 e. The third-order valence-corrected chi connectivity index (χ3v) is 8.10. The van der Waals surface area contributed by atoms with Crippen molar-refractivity contribution in [1.82, 2.24) is 0 Å². The molecule has 0 saturated heterocycles. The zero-order valence-electron chi connectivity index (χ0n) is 20.0. The molecule has 0 aromatic heterocycles. The van der Waals surface area contributed by atoms with Crippen LogP contribution >= 0.6 is 0 Å². The van der Waals surface area contributed by atoms with E-state index in [-0.39, 0.29) is 23.0 Å². The molecule has 34 heavy (non-hydrogen) atoms. The lowest BCUT2D eigenvalue weighted by Gasteiger charge is -2.50. The van der Waals surface area contributed by atoms with Gasteiger partial charge in [0.05, 0.1) is 11.0 Å². The lowest BCUT2D eigenvalue weighted by atomic mass is 9.55. The van der Waals surface area contributed by atoms with Gasteiger partial charge in [-0.1, -0.05) is 26.8 Å². The Morgan fingerprint density at radius 2 is 1.71 bits per heavy atom. The standard InChI is InChI=1S/C25H27NO6.C2H6/c1-25-13-12-20-19-9-7-18(14-15(19)2-8-21(20)22(25)10-11-23(25)27)32-24(28)31-17-5-3-16(4-6-17)26(29)30;1-2/h3-7,9,14,20-23,27H,2,8,10-13H2,1H3;1-2H3. The number of nitrogens with zero attached hydrogens (tertiary/aromatic N) is 1. The van der Waals surface area contributed by atoms with E-state index in [2.05, 4.69) is 13.0 Å². The Hall–Kier alpha value is -2.93. The van der Waals surface area contributed by atoms with Crippen molar-refractivity contribution in [1.29, 1.82) is 0 Å². The minimum absolute atomic E-state index is 0.0589. The van der Waals surface area contributed by atoms with E-state index in [1.807, 2.05) is 26.0 Å². The molecule has 182 valence electrons. The van der Waals surface area contributed by atoms with E-state index in [4.69, 9.17) is 9.47 Å². The number of aryl methyl sites for hydroxylation is 1. The number of nitro benzene ring substituents is 1. The molecule has 5 unspecified atom stereocenters. The summed E-state index contributed by atoms with van der Waals surface area (Å²) in [5.41, 5.74) is 2.55. The summed E-state index contributed by atoms with van der Waals surface area (Å²) in [7, 11) is 0. The molecule has 0 aliphatic heterocycles. The second kappa shape index (κ2) is 9.74. The molecule has 0 radical (unpaired) electrons. The second-order valence-corrected chi connectivity index (χ2v) is 9.62. The predicted molar refractivity (Wildman–Crippen MR) is 128 cm³/mol. The van der Waals surface area contributed by atoms with Gasteiger partial charge in [-0.3, -0.25) is 10.1 Å². The maximum atomic E-state index is 12.2. The van der Waals surface area contributed by atoms with Crippen LogP contribution in [0.15, 0.2) is 42.5 Å². The van der Waals surface area contributed by atoms with E-state index in [1.54, 1.807) is 0 Å². The van der Waals surface area contributed by atoms with Gasteiger partial charge in [0.2, 0.25) is 0 Å². The quantitative estimate of drug-likeness (QED) is 0.242. The Bertz CT molecular complexity index is 1050. The SMILES string of the molecule is CC.CC12CCC3c4ccc(OC(=O)Oc5ccc([N+](=O)[O-])cc5)cc4CCC3C1CCC2O. The maximum absolute atomic E-state index is 12.2. The molecule has 2 fully saturated rings. The Morgan fingerprint density at radius 3 is 2.41 bits per heavy atom. The molecular formula is C27H33NO6. The summed E-state index contributed by atoms with van der Waals surface area (Å²) in [6.07, 6.45) is 5.16. The van der Waals surface area contributed by atoms with Crippen LogP contribution < -0.4 is 9.47 Å². The van der Waals surface area contributed by atoms with E-state index >= 15 is 0 Å². The zero-order chi connectivity index (χ0) is 24.5. The molecule has 7 nitrogen and oxygen atoms in total. The van der Waals surface area contributed by atoms with Gasteiger partial charge >= 0.3 is 6.16 Å². The van der Waals surface area contributed by atoms with Crippen molar-refractivity contribution in [3.63, 3.8) is 0 Å². The minimum atomic E-state index is -0.874. The molecular weight excluding hydrogens is 434 g/mol. The first-order valence-corrected chi connectivity index (χ1v) is 12.3. The minimum Gasteiger partial charge on any atom is -0.395 e. The van der Waals surface area contributed by atoms with Crippen molar-refractivity contribution >= 4 is 11.8 Å². The van der Waals surface area contributed by atoms with E-state index in [1.165, 1.54) is 35.4 Å². The highest BCUT2D eigenvalue weighted by Crippen LogP contribution is 2.60. The van der Waals surface area contributed by atoms with Crippen LogP contribution in [-0.2, 0) is 6.42 Å². The summed E-state index contributed by atoms with van der Waals surface area (Å²) >= 11 is 0. The first kappa shape index (κ1) is 24.2. The van der Waals surface area contributed by atoms with Gasteiger partial charge < -0.3 is 14.6 Å². The Morgan fingerprint density at radius 1 is 1.03 bits per heavy atom. The van der Waals surface area contributed by atoms with Gasteiger partial charge in [-0.15, -0.1) is 0 Å². The van der Waals surface area contributed by atoms with Gasteiger partial charge in [0.1, 0.15) is 11.5 Å². The molecule has 2 aromatic rings. The number of rotatable bonds is 3. The number of aliphatic hydroxyl groups excluding tert-OH is 1. The van der Waals surface area contributed by atoms with Crippen LogP contribution in [0.5, 0.6) is 11.5 Å². The summed E-state index contributed by atoms with van der Waals surface area (Å²) in [4.78, 5) is 22.4. The van der Waals surface area contributed by atoms with Gasteiger partial charge in [0.15, 0.2) is 0 Å². The van der Waals surface area contributed by atoms with Crippen molar-refractivity contribution in [2.24, 2.45) is 17.3 Å².